The SMILES string of the molecule is CCC1CCC(C2(c3cc(F)cc(F)c3)C=CC=CC2)CC1. The van der Waals surface area contributed by atoms with E-state index in [0.717, 1.165) is 36.8 Å². The number of rotatable bonds is 3. The summed E-state index contributed by atoms with van der Waals surface area (Å²) in [4.78, 5) is 0. The van der Waals surface area contributed by atoms with Gasteiger partial charge in [0.05, 0.1) is 0 Å². The fourth-order valence-electron chi connectivity index (χ4n) is 4.30. The van der Waals surface area contributed by atoms with E-state index >= 15 is 0 Å². The highest BCUT2D eigenvalue weighted by molar-refractivity contribution is 5.37. The molecule has 1 atom stereocenters. The first kappa shape index (κ1) is 15.5. The predicted molar refractivity (Wildman–Crippen MR) is 86.7 cm³/mol. The number of halogens is 2. The van der Waals surface area contributed by atoms with E-state index in [1.54, 1.807) is 0 Å². The van der Waals surface area contributed by atoms with E-state index in [1.807, 2.05) is 12.2 Å². The quantitative estimate of drug-likeness (QED) is 0.648. The summed E-state index contributed by atoms with van der Waals surface area (Å²) >= 11 is 0. The summed E-state index contributed by atoms with van der Waals surface area (Å²) < 4.78 is 27.5. The molecule has 2 heteroatoms. The van der Waals surface area contributed by atoms with Gasteiger partial charge in [-0.1, -0.05) is 50.5 Å². The van der Waals surface area contributed by atoms with Crippen LogP contribution in [0.25, 0.3) is 0 Å². The van der Waals surface area contributed by atoms with Crippen molar-refractivity contribution >= 4 is 0 Å². The molecule has 0 N–H and O–H groups in total. The lowest BCUT2D eigenvalue weighted by Crippen LogP contribution is -2.36. The summed E-state index contributed by atoms with van der Waals surface area (Å²) in [7, 11) is 0. The van der Waals surface area contributed by atoms with Crippen LogP contribution in [0.5, 0.6) is 0 Å². The summed E-state index contributed by atoms with van der Waals surface area (Å²) in [6.07, 6.45) is 15.2. The van der Waals surface area contributed by atoms with Crippen LogP contribution >= 0.6 is 0 Å². The highest BCUT2D eigenvalue weighted by atomic mass is 19.1. The molecule has 1 fully saturated rings. The van der Waals surface area contributed by atoms with Crippen LogP contribution in [-0.2, 0) is 5.41 Å². The highest BCUT2D eigenvalue weighted by Gasteiger charge is 2.40. The van der Waals surface area contributed by atoms with Gasteiger partial charge in [0, 0.05) is 11.5 Å². The van der Waals surface area contributed by atoms with Crippen LogP contribution in [0.2, 0.25) is 0 Å². The molecule has 0 radical (unpaired) electrons. The van der Waals surface area contributed by atoms with Crippen LogP contribution in [0.15, 0.2) is 42.5 Å². The van der Waals surface area contributed by atoms with Gasteiger partial charge in [-0.15, -0.1) is 0 Å². The average molecular weight is 302 g/mol. The summed E-state index contributed by atoms with van der Waals surface area (Å²) in [6.45, 7) is 2.26. The van der Waals surface area contributed by atoms with Crippen molar-refractivity contribution in [3.05, 3.63) is 59.7 Å². The van der Waals surface area contributed by atoms with Crippen molar-refractivity contribution < 1.29 is 8.78 Å². The van der Waals surface area contributed by atoms with E-state index in [1.165, 1.54) is 31.4 Å². The van der Waals surface area contributed by atoms with Crippen molar-refractivity contribution in [2.24, 2.45) is 11.8 Å². The maximum Gasteiger partial charge on any atom is 0.126 e. The molecular weight excluding hydrogens is 278 g/mol. The van der Waals surface area contributed by atoms with Crippen LogP contribution in [0, 0.1) is 23.5 Å². The van der Waals surface area contributed by atoms with Gasteiger partial charge in [-0.05, 0) is 48.8 Å². The largest absolute Gasteiger partial charge is 0.207 e. The fraction of sp³-hybridized carbons (Fsp3) is 0.500. The molecular formula is C20H24F2. The maximum atomic E-state index is 13.8. The van der Waals surface area contributed by atoms with Gasteiger partial charge in [0.2, 0.25) is 0 Å². The number of hydrogen-bond donors (Lipinski definition) is 0. The Morgan fingerprint density at radius 3 is 2.23 bits per heavy atom. The van der Waals surface area contributed by atoms with Gasteiger partial charge in [-0.25, -0.2) is 8.78 Å². The summed E-state index contributed by atoms with van der Waals surface area (Å²) in [6, 6.07) is 4.02. The lowest BCUT2D eigenvalue weighted by atomic mass is 9.61. The van der Waals surface area contributed by atoms with Crippen LogP contribution in [0.1, 0.15) is 51.0 Å². The highest BCUT2D eigenvalue weighted by Crippen LogP contribution is 2.47. The molecule has 1 saturated carbocycles. The zero-order valence-corrected chi connectivity index (χ0v) is 13.2. The van der Waals surface area contributed by atoms with Crippen molar-refractivity contribution in [2.45, 2.75) is 50.9 Å². The lowest BCUT2D eigenvalue weighted by molar-refractivity contribution is 0.197. The number of benzene rings is 1. The molecule has 22 heavy (non-hydrogen) atoms. The first-order chi connectivity index (χ1) is 10.6. The molecule has 0 spiro atoms. The van der Waals surface area contributed by atoms with Gasteiger partial charge in [-0.2, -0.15) is 0 Å². The molecule has 1 aromatic rings. The molecule has 0 aliphatic heterocycles. The topological polar surface area (TPSA) is 0 Å². The fourth-order valence-corrected chi connectivity index (χ4v) is 4.30. The Labute approximate surface area is 131 Å². The van der Waals surface area contributed by atoms with Crippen LogP contribution in [-0.4, -0.2) is 0 Å². The van der Waals surface area contributed by atoms with Crippen molar-refractivity contribution in [1.82, 2.24) is 0 Å². The third-order valence-electron chi connectivity index (χ3n) is 5.65. The Morgan fingerprint density at radius 1 is 1.00 bits per heavy atom. The first-order valence-corrected chi connectivity index (χ1v) is 8.45. The summed E-state index contributed by atoms with van der Waals surface area (Å²) in [5.41, 5.74) is 0.557. The third-order valence-corrected chi connectivity index (χ3v) is 5.65. The van der Waals surface area contributed by atoms with Gasteiger partial charge in [0.15, 0.2) is 0 Å². The van der Waals surface area contributed by atoms with E-state index in [0.29, 0.717) is 5.92 Å². The molecule has 0 nitrogen and oxygen atoms in total. The Bertz CT molecular complexity index is 559. The molecule has 118 valence electrons. The summed E-state index contributed by atoms with van der Waals surface area (Å²) in [5, 5.41) is 0. The van der Waals surface area contributed by atoms with Gasteiger partial charge in [-0.3, -0.25) is 0 Å². The second kappa shape index (κ2) is 6.36. The van der Waals surface area contributed by atoms with Crippen molar-refractivity contribution in [1.29, 1.82) is 0 Å². The normalized spacial score (nSPS) is 31.4. The van der Waals surface area contributed by atoms with E-state index in [-0.39, 0.29) is 5.41 Å². The van der Waals surface area contributed by atoms with Crippen LogP contribution < -0.4 is 0 Å². The zero-order chi connectivity index (χ0) is 15.6. The van der Waals surface area contributed by atoms with E-state index < -0.39 is 11.6 Å². The monoisotopic (exact) mass is 302 g/mol. The van der Waals surface area contributed by atoms with Crippen molar-refractivity contribution in [3.63, 3.8) is 0 Å². The number of allylic oxidation sites excluding steroid dienone is 4. The zero-order valence-electron chi connectivity index (χ0n) is 13.2. The van der Waals surface area contributed by atoms with Gasteiger partial charge in [0.25, 0.3) is 0 Å². The molecule has 2 aliphatic carbocycles. The van der Waals surface area contributed by atoms with Crippen molar-refractivity contribution in [3.8, 4) is 0 Å². The smallest absolute Gasteiger partial charge is 0.126 e. The van der Waals surface area contributed by atoms with Gasteiger partial charge in [0.1, 0.15) is 11.6 Å². The van der Waals surface area contributed by atoms with Crippen molar-refractivity contribution in [2.75, 3.05) is 0 Å². The first-order valence-electron chi connectivity index (χ1n) is 8.45. The molecule has 2 aliphatic rings. The van der Waals surface area contributed by atoms with E-state index in [2.05, 4.69) is 19.1 Å². The minimum atomic E-state index is -0.473. The molecule has 1 aromatic carbocycles. The van der Waals surface area contributed by atoms with Crippen LogP contribution in [0.3, 0.4) is 0 Å². The van der Waals surface area contributed by atoms with Gasteiger partial charge >= 0.3 is 0 Å². The summed E-state index contributed by atoms with van der Waals surface area (Å²) in [5.74, 6) is 0.345. The maximum absolute atomic E-state index is 13.8. The molecule has 0 aromatic heterocycles. The molecule has 3 rings (SSSR count). The van der Waals surface area contributed by atoms with E-state index in [4.69, 9.17) is 0 Å². The molecule has 0 amide bonds. The average Bonchev–Trinajstić information content (AvgIpc) is 2.55. The van der Waals surface area contributed by atoms with E-state index in [9.17, 15) is 8.78 Å². The minimum absolute atomic E-state index is 0.240. The second-order valence-corrected chi connectivity index (χ2v) is 6.82. The standard InChI is InChI=1S/C20H24F2/c1-2-15-6-8-16(9-7-15)20(10-4-3-5-11-20)17-12-18(21)14-19(22)13-17/h3-5,10,12-16H,2,6-9,11H2,1H3. The molecule has 0 saturated heterocycles. The molecule has 0 bridgehead atoms. The predicted octanol–water partition coefficient (Wildman–Crippen LogP) is 5.94. The Kier molecular flexibility index (Phi) is 4.46. The van der Waals surface area contributed by atoms with Gasteiger partial charge < -0.3 is 0 Å². The Balaban J connectivity index is 1.95. The Morgan fingerprint density at radius 2 is 1.68 bits per heavy atom. The Hall–Kier alpha value is -1.44. The number of hydrogen-bond acceptors (Lipinski definition) is 0. The molecule has 0 heterocycles. The van der Waals surface area contributed by atoms with Crippen LogP contribution in [0.4, 0.5) is 8.78 Å². The molecule has 1 unspecified atom stereocenters. The lowest BCUT2D eigenvalue weighted by Gasteiger charge is -2.43. The second-order valence-electron chi connectivity index (χ2n) is 6.82. The minimum Gasteiger partial charge on any atom is -0.207 e. The third kappa shape index (κ3) is 2.88.